The molecule has 0 fully saturated rings. The van der Waals surface area contributed by atoms with Crippen LogP contribution in [0.3, 0.4) is 0 Å². The summed E-state index contributed by atoms with van der Waals surface area (Å²) in [5.41, 5.74) is 0. The fourth-order valence-corrected chi connectivity index (χ4v) is 9.31. The first kappa shape index (κ1) is 19.3. The van der Waals surface area contributed by atoms with Crippen LogP contribution < -0.4 is 18.9 Å². The third-order valence-electron chi connectivity index (χ3n) is 4.23. The summed E-state index contributed by atoms with van der Waals surface area (Å²) in [4.78, 5) is 0. The summed E-state index contributed by atoms with van der Waals surface area (Å²) >= 11 is 0. The first-order valence-corrected chi connectivity index (χ1v) is 11.8. The first-order chi connectivity index (χ1) is 6.21. The van der Waals surface area contributed by atoms with Crippen molar-refractivity contribution in [1.29, 1.82) is 0 Å². The third kappa shape index (κ3) is 4.70. The van der Waals surface area contributed by atoms with E-state index in [2.05, 4.69) is 67.7 Å². The summed E-state index contributed by atoms with van der Waals surface area (Å²) in [6.07, 6.45) is 0. The maximum Gasteiger partial charge on any atom is 1.00 e. The van der Waals surface area contributed by atoms with E-state index in [0.29, 0.717) is 10.1 Å². The number of hydrogen-bond donors (Lipinski definition) is 0. The molecule has 0 heterocycles. The molecular weight excluding hydrogens is 221 g/mol. The van der Waals surface area contributed by atoms with Crippen LogP contribution in [0.15, 0.2) is 0 Å². The first-order valence-electron chi connectivity index (χ1n) is 5.95. The Morgan fingerprint density at radius 3 is 0.938 bits per heavy atom. The zero-order chi connectivity index (χ0) is 12.7. The molecule has 0 aromatic heterocycles. The fraction of sp³-hybridized carbons (Fsp3) is 1.00. The van der Waals surface area contributed by atoms with Gasteiger partial charge in [-0.15, -0.1) is 0 Å². The second-order valence-corrected chi connectivity index (χ2v) is 17.9. The smallest absolute Gasteiger partial charge is 0.666 e. The van der Waals surface area contributed by atoms with E-state index in [1.807, 2.05) is 0 Å². The topological polar surface area (TPSA) is 14.1 Å². The second kappa shape index (κ2) is 5.32. The van der Waals surface area contributed by atoms with Crippen molar-refractivity contribution in [2.45, 2.75) is 77.8 Å². The largest absolute Gasteiger partial charge is 1.00 e. The van der Waals surface area contributed by atoms with E-state index < -0.39 is 16.5 Å². The molecule has 0 aliphatic carbocycles. The summed E-state index contributed by atoms with van der Waals surface area (Å²) in [5, 5.41) is 0.755. The van der Waals surface area contributed by atoms with E-state index in [0.717, 1.165) is 0 Å². The molecule has 0 rings (SSSR count). The number of hydrogen-bond acceptors (Lipinski definition) is 0. The molecule has 16 heavy (non-hydrogen) atoms. The molecule has 0 unspecified atom stereocenters. The molecule has 0 bridgehead atoms. The standard InChI is InChI=1S/C12H30NSi2.Li/c1-11(2,3)14(7,8)13-15(9,10)12(4,5)6;/h1-10H3;/q-1;+1. The van der Waals surface area contributed by atoms with E-state index in [4.69, 9.17) is 4.65 Å². The van der Waals surface area contributed by atoms with Gasteiger partial charge in [0.25, 0.3) is 0 Å². The Bertz CT molecular complexity index is 200. The van der Waals surface area contributed by atoms with Crippen LogP contribution in [0.2, 0.25) is 36.3 Å². The van der Waals surface area contributed by atoms with Crippen LogP contribution in [0.4, 0.5) is 0 Å². The third-order valence-corrected chi connectivity index (χ3v) is 16.0. The van der Waals surface area contributed by atoms with E-state index in [1.165, 1.54) is 0 Å². The molecule has 0 amide bonds. The van der Waals surface area contributed by atoms with Gasteiger partial charge in [0.15, 0.2) is 0 Å². The maximum atomic E-state index is 5.36. The van der Waals surface area contributed by atoms with Crippen LogP contribution in [0.1, 0.15) is 41.5 Å². The van der Waals surface area contributed by atoms with Crippen molar-refractivity contribution < 1.29 is 18.9 Å². The van der Waals surface area contributed by atoms with E-state index >= 15 is 0 Å². The van der Waals surface area contributed by atoms with Crippen LogP contribution in [0.5, 0.6) is 0 Å². The molecule has 1 nitrogen and oxygen atoms in total. The van der Waals surface area contributed by atoms with Crippen molar-refractivity contribution in [2.24, 2.45) is 0 Å². The summed E-state index contributed by atoms with van der Waals surface area (Å²) in [6, 6.07) is 0. The maximum absolute atomic E-state index is 5.36. The molecule has 0 saturated heterocycles. The molecule has 0 atom stereocenters. The van der Waals surface area contributed by atoms with Crippen molar-refractivity contribution in [3.63, 3.8) is 0 Å². The Morgan fingerprint density at radius 1 is 0.625 bits per heavy atom. The minimum Gasteiger partial charge on any atom is -0.666 e. The predicted molar refractivity (Wildman–Crippen MR) is 77.8 cm³/mol. The van der Waals surface area contributed by atoms with Crippen LogP contribution in [-0.4, -0.2) is 16.5 Å². The Hall–Kier alpha value is 0.991. The summed E-state index contributed by atoms with van der Waals surface area (Å²) in [6.45, 7) is 23.7. The van der Waals surface area contributed by atoms with Gasteiger partial charge in [-0.05, 0) is 0 Å². The predicted octanol–water partition coefficient (Wildman–Crippen LogP) is 2.37. The summed E-state index contributed by atoms with van der Waals surface area (Å²) in [5.74, 6) is 0. The number of rotatable bonds is 2. The van der Waals surface area contributed by atoms with E-state index in [9.17, 15) is 0 Å². The van der Waals surface area contributed by atoms with Gasteiger partial charge in [-0.25, -0.2) is 0 Å². The van der Waals surface area contributed by atoms with Crippen molar-refractivity contribution in [2.75, 3.05) is 0 Å². The molecule has 0 aromatic rings. The second-order valence-electron chi connectivity index (χ2n) is 7.73. The van der Waals surface area contributed by atoms with Crippen molar-refractivity contribution >= 4 is 16.5 Å². The Labute approximate surface area is 118 Å². The molecule has 0 aliphatic rings. The van der Waals surface area contributed by atoms with Crippen LogP contribution >= 0.6 is 0 Å². The quantitative estimate of drug-likeness (QED) is 0.669. The molecule has 0 radical (unpaired) electrons. The van der Waals surface area contributed by atoms with Crippen molar-refractivity contribution in [3.8, 4) is 0 Å². The van der Waals surface area contributed by atoms with Crippen molar-refractivity contribution in [1.82, 2.24) is 0 Å². The van der Waals surface area contributed by atoms with Crippen molar-refractivity contribution in [3.05, 3.63) is 4.65 Å². The van der Waals surface area contributed by atoms with Gasteiger partial charge in [0.2, 0.25) is 0 Å². The van der Waals surface area contributed by atoms with Crippen LogP contribution in [0, 0.1) is 0 Å². The molecule has 4 heteroatoms. The van der Waals surface area contributed by atoms with Crippen LogP contribution in [-0.2, 0) is 0 Å². The zero-order valence-corrected chi connectivity index (χ0v) is 15.4. The molecule has 92 valence electrons. The number of nitrogens with zero attached hydrogens (tertiary/aromatic N) is 1. The van der Waals surface area contributed by atoms with Gasteiger partial charge in [0.1, 0.15) is 0 Å². The van der Waals surface area contributed by atoms with Gasteiger partial charge in [-0.1, -0.05) is 94.3 Å². The molecule has 0 spiro atoms. The van der Waals surface area contributed by atoms with Gasteiger partial charge in [0.05, 0.1) is 0 Å². The minimum absolute atomic E-state index is 0. The van der Waals surface area contributed by atoms with Gasteiger partial charge in [-0.2, -0.15) is 0 Å². The summed E-state index contributed by atoms with van der Waals surface area (Å²) in [7, 11) is -2.93. The Morgan fingerprint density at radius 2 is 0.812 bits per heavy atom. The monoisotopic (exact) mass is 251 g/mol. The van der Waals surface area contributed by atoms with Gasteiger partial charge in [-0.3, -0.25) is 0 Å². The molecule has 0 saturated carbocycles. The zero-order valence-electron chi connectivity index (χ0n) is 13.4. The average Bonchev–Trinajstić information content (AvgIpc) is 1.77. The van der Waals surface area contributed by atoms with Gasteiger partial charge < -0.3 is 4.65 Å². The van der Waals surface area contributed by atoms with Gasteiger partial charge >= 0.3 is 18.9 Å². The minimum atomic E-state index is -1.46. The van der Waals surface area contributed by atoms with Crippen LogP contribution in [0.25, 0.3) is 4.65 Å². The van der Waals surface area contributed by atoms with E-state index in [1.54, 1.807) is 0 Å². The normalized spacial score (nSPS) is 14.6. The summed E-state index contributed by atoms with van der Waals surface area (Å²) < 4.78 is 5.36. The van der Waals surface area contributed by atoms with E-state index in [-0.39, 0.29) is 18.9 Å². The SMILES string of the molecule is CC(C)(C)[Si](C)(C)[N-][Si](C)(C)C(C)(C)C.[Li+]. The fourth-order valence-electron chi connectivity index (χ4n) is 1.03. The molecule has 0 aromatic carbocycles. The Kier molecular flexibility index (Phi) is 6.43. The van der Waals surface area contributed by atoms with Gasteiger partial charge in [0, 0.05) is 0 Å². The molecule has 0 aliphatic heterocycles. The Balaban J connectivity index is 0. The molecule has 0 N–H and O–H groups in total. The average molecular weight is 251 g/mol. The molecular formula is C12H30LiNSi2.